The average Bonchev–Trinajstić information content (AvgIpc) is 2.20. The first-order chi connectivity index (χ1) is 7.04. The molecule has 0 aliphatic carbocycles. The lowest BCUT2D eigenvalue weighted by molar-refractivity contribution is -0.121. The van der Waals surface area contributed by atoms with Crippen LogP contribution in [0.5, 0.6) is 0 Å². The summed E-state index contributed by atoms with van der Waals surface area (Å²) in [5.41, 5.74) is 0.849. The molecule has 1 aromatic carbocycles. The van der Waals surface area contributed by atoms with Gasteiger partial charge in [0.1, 0.15) is 11.6 Å². The average molecular weight is 273 g/mol. The molecule has 1 nitrogen and oxygen atoms in total. The van der Waals surface area contributed by atoms with Crippen LogP contribution in [-0.4, -0.2) is 5.78 Å². The summed E-state index contributed by atoms with van der Waals surface area (Å²) in [7, 11) is 0. The molecule has 0 saturated heterocycles. The largest absolute Gasteiger partial charge is 0.299 e. The molecule has 0 radical (unpaired) electrons. The molecule has 0 spiro atoms. The van der Waals surface area contributed by atoms with Gasteiger partial charge in [-0.1, -0.05) is 35.8 Å². The van der Waals surface area contributed by atoms with E-state index in [0.29, 0.717) is 10.9 Å². The smallest absolute Gasteiger partial charge is 0.140 e. The second-order valence-electron chi connectivity index (χ2n) is 3.69. The zero-order valence-electron chi connectivity index (χ0n) is 8.89. The minimum Gasteiger partial charge on any atom is -0.299 e. The Bertz CT molecular complexity index is 363. The fourth-order valence-corrected chi connectivity index (χ4v) is 1.75. The van der Waals surface area contributed by atoms with E-state index in [9.17, 15) is 9.18 Å². The van der Waals surface area contributed by atoms with Gasteiger partial charge in [0.05, 0.1) is 0 Å². The van der Waals surface area contributed by atoms with Crippen LogP contribution < -0.4 is 0 Å². The number of hydrogen-bond acceptors (Lipinski definition) is 1. The molecule has 1 rings (SSSR count). The van der Waals surface area contributed by atoms with Gasteiger partial charge in [0, 0.05) is 16.8 Å². The third-order valence-corrected chi connectivity index (χ3v) is 3.28. The van der Waals surface area contributed by atoms with Crippen molar-refractivity contribution < 1.29 is 9.18 Å². The second kappa shape index (κ2) is 5.40. The molecule has 0 aliphatic heterocycles. The van der Waals surface area contributed by atoms with Crippen LogP contribution in [-0.2, 0) is 11.2 Å². The van der Waals surface area contributed by atoms with E-state index in [1.165, 1.54) is 12.1 Å². The molecule has 1 unspecified atom stereocenters. The van der Waals surface area contributed by atoms with Crippen molar-refractivity contribution in [3.8, 4) is 0 Å². The normalized spacial score (nSPS) is 12.5. The summed E-state index contributed by atoms with van der Waals surface area (Å²) >= 11 is 3.25. The van der Waals surface area contributed by atoms with Gasteiger partial charge in [0.25, 0.3) is 0 Å². The molecule has 15 heavy (non-hydrogen) atoms. The van der Waals surface area contributed by atoms with E-state index in [1.54, 1.807) is 6.07 Å². The third kappa shape index (κ3) is 3.42. The highest BCUT2D eigenvalue weighted by Crippen LogP contribution is 2.20. The Morgan fingerprint density at radius 2 is 2.20 bits per heavy atom. The monoisotopic (exact) mass is 272 g/mol. The molecule has 0 heterocycles. The zero-order chi connectivity index (χ0) is 11.4. The van der Waals surface area contributed by atoms with Crippen molar-refractivity contribution in [2.24, 2.45) is 5.92 Å². The van der Waals surface area contributed by atoms with Crippen LogP contribution in [0.1, 0.15) is 25.8 Å². The van der Waals surface area contributed by atoms with Crippen molar-refractivity contribution in [3.05, 3.63) is 34.1 Å². The van der Waals surface area contributed by atoms with Gasteiger partial charge >= 0.3 is 0 Å². The minimum atomic E-state index is -0.290. The topological polar surface area (TPSA) is 17.1 Å². The maximum absolute atomic E-state index is 12.8. The summed E-state index contributed by atoms with van der Waals surface area (Å²) in [6, 6.07) is 4.42. The van der Waals surface area contributed by atoms with Crippen LogP contribution in [0.4, 0.5) is 4.39 Å². The Kier molecular flexibility index (Phi) is 4.45. The number of benzene rings is 1. The molecule has 82 valence electrons. The molecular weight excluding hydrogens is 259 g/mol. The first-order valence-electron chi connectivity index (χ1n) is 5.01. The fraction of sp³-hybridized carbons (Fsp3) is 0.417. The van der Waals surface area contributed by atoms with E-state index >= 15 is 0 Å². The Morgan fingerprint density at radius 3 is 2.73 bits per heavy atom. The summed E-state index contributed by atoms with van der Waals surface area (Å²) < 4.78 is 13.5. The number of Topliss-reactive ketones (excluding diaryl/α,β-unsaturated/α-hetero) is 1. The molecule has 1 atom stereocenters. The second-order valence-corrected chi connectivity index (χ2v) is 4.54. The number of hydrogen-bond donors (Lipinski definition) is 0. The van der Waals surface area contributed by atoms with Crippen molar-refractivity contribution in [1.82, 2.24) is 0 Å². The van der Waals surface area contributed by atoms with E-state index < -0.39 is 0 Å². The third-order valence-electron chi connectivity index (χ3n) is 2.54. The molecule has 0 saturated carbocycles. The van der Waals surface area contributed by atoms with Crippen LogP contribution in [0.25, 0.3) is 0 Å². The van der Waals surface area contributed by atoms with Gasteiger partial charge in [0.15, 0.2) is 0 Å². The van der Waals surface area contributed by atoms with Crippen LogP contribution in [0, 0.1) is 11.7 Å². The Morgan fingerprint density at radius 1 is 1.53 bits per heavy atom. The van der Waals surface area contributed by atoms with E-state index in [4.69, 9.17) is 0 Å². The van der Waals surface area contributed by atoms with E-state index in [-0.39, 0.29) is 17.5 Å². The van der Waals surface area contributed by atoms with Crippen molar-refractivity contribution in [2.75, 3.05) is 0 Å². The Hall–Kier alpha value is -0.700. The highest BCUT2D eigenvalue weighted by Gasteiger charge is 2.13. The molecule has 0 fully saturated rings. The standard InChI is InChI=1S/C12H14BrFO/c1-3-8(2)12(15)6-9-4-5-10(14)7-11(9)13/h4-5,7-8H,3,6H2,1-2H3. The Balaban J connectivity index is 2.77. The first kappa shape index (κ1) is 12.4. The number of rotatable bonds is 4. The summed E-state index contributed by atoms with van der Waals surface area (Å²) in [5, 5.41) is 0. The SMILES string of the molecule is CCC(C)C(=O)Cc1ccc(F)cc1Br. The maximum Gasteiger partial charge on any atom is 0.140 e. The van der Waals surface area contributed by atoms with Gasteiger partial charge < -0.3 is 0 Å². The quantitative estimate of drug-likeness (QED) is 0.816. The predicted molar refractivity (Wildman–Crippen MR) is 62.3 cm³/mol. The summed E-state index contributed by atoms with van der Waals surface area (Å²) in [5.74, 6) is -0.0200. The van der Waals surface area contributed by atoms with Crippen molar-refractivity contribution in [1.29, 1.82) is 0 Å². The lowest BCUT2D eigenvalue weighted by atomic mass is 9.97. The molecule has 0 amide bonds. The molecule has 0 aliphatic rings. The van der Waals surface area contributed by atoms with Crippen LogP contribution in [0.3, 0.4) is 0 Å². The fourth-order valence-electron chi connectivity index (χ4n) is 1.25. The number of carbonyl (C=O) groups excluding carboxylic acids is 1. The molecule has 0 aromatic heterocycles. The lowest BCUT2D eigenvalue weighted by Crippen LogP contribution is -2.13. The zero-order valence-corrected chi connectivity index (χ0v) is 10.5. The van der Waals surface area contributed by atoms with Gasteiger partial charge in [0.2, 0.25) is 0 Å². The van der Waals surface area contributed by atoms with Crippen molar-refractivity contribution in [2.45, 2.75) is 26.7 Å². The lowest BCUT2D eigenvalue weighted by Gasteiger charge is -2.08. The van der Waals surface area contributed by atoms with Gasteiger partial charge in [-0.05, 0) is 24.1 Å². The van der Waals surface area contributed by atoms with Gasteiger partial charge in [-0.25, -0.2) is 4.39 Å². The van der Waals surface area contributed by atoms with E-state index in [1.807, 2.05) is 13.8 Å². The highest BCUT2D eigenvalue weighted by molar-refractivity contribution is 9.10. The first-order valence-corrected chi connectivity index (χ1v) is 5.80. The van der Waals surface area contributed by atoms with E-state index in [2.05, 4.69) is 15.9 Å². The molecule has 0 bridgehead atoms. The molecular formula is C12H14BrFO. The molecule has 0 N–H and O–H groups in total. The minimum absolute atomic E-state index is 0.0713. The predicted octanol–water partition coefficient (Wildman–Crippen LogP) is 3.75. The number of halogens is 2. The molecule has 3 heteroatoms. The highest BCUT2D eigenvalue weighted by atomic mass is 79.9. The Labute approximate surface area is 97.8 Å². The summed E-state index contributed by atoms with van der Waals surface area (Å²) in [6.45, 7) is 3.90. The van der Waals surface area contributed by atoms with Crippen molar-refractivity contribution >= 4 is 21.7 Å². The van der Waals surface area contributed by atoms with Gasteiger partial charge in [-0.3, -0.25) is 4.79 Å². The van der Waals surface area contributed by atoms with Gasteiger partial charge in [-0.15, -0.1) is 0 Å². The van der Waals surface area contributed by atoms with Crippen molar-refractivity contribution in [3.63, 3.8) is 0 Å². The molecule has 1 aromatic rings. The van der Waals surface area contributed by atoms with Crippen LogP contribution in [0.2, 0.25) is 0 Å². The summed E-state index contributed by atoms with van der Waals surface area (Å²) in [4.78, 5) is 11.7. The summed E-state index contributed by atoms with van der Waals surface area (Å²) in [6.07, 6.45) is 1.22. The maximum atomic E-state index is 12.8. The van der Waals surface area contributed by atoms with Crippen LogP contribution >= 0.6 is 15.9 Å². The van der Waals surface area contributed by atoms with Crippen LogP contribution in [0.15, 0.2) is 22.7 Å². The van der Waals surface area contributed by atoms with E-state index in [0.717, 1.165) is 12.0 Å². The number of carbonyl (C=O) groups is 1. The van der Waals surface area contributed by atoms with Gasteiger partial charge in [-0.2, -0.15) is 0 Å². The number of ketones is 1.